The molecule has 0 spiro atoms. The maximum Gasteiger partial charge on any atom is 0.333 e. The average Bonchev–Trinajstić information content (AvgIpc) is 2.77. The number of carboxylic acid groups (broad SMARTS) is 2. The standard InChI is InChI=1S/C19H17NO4.C4H6O5/c1-23-18-4-3-11-7-15-13-9-17(22)16(21)8-12(13)5-6-20(15)10-14(11)19(18)24-2;5-2(4(8)9)1-3(6)7/h3-4,7-10,22H,5-6H2,1-2H3;2,5H,1H2,(H,6,7)(H,8,9)/p+1. The number of aromatic hydroxyl groups is 2. The maximum atomic E-state index is 9.87. The van der Waals surface area contributed by atoms with E-state index in [1.54, 1.807) is 26.4 Å². The number of aryl methyl sites for hydroxylation is 2. The largest absolute Gasteiger partial charge is 0.504 e. The first kappa shape index (κ1) is 23.6. The van der Waals surface area contributed by atoms with Crippen molar-refractivity contribution in [3.8, 4) is 34.3 Å². The van der Waals surface area contributed by atoms with Crippen molar-refractivity contribution in [3.05, 3.63) is 42.1 Å². The van der Waals surface area contributed by atoms with Gasteiger partial charge in [-0.25, -0.2) is 4.79 Å². The average molecular weight is 458 g/mol. The molecule has 0 aliphatic carbocycles. The van der Waals surface area contributed by atoms with Crippen molar-refractivity contribution in [1.82, 2.24) is 0 Å². The quantitative estimate of drug-likeness (QED) is 0.283. The zero-order valence-corrected chi connectivity index (χ0v) is 18.0. The third kappa shape index (κ3) is 4.90. The number of carbonyl (C=O) groups is 2. The van der Waals surface area contributed by atoms with Crippen LogP contribution in [0.1, 0.15) is 12.0 Å². The first-order valence-electron chi connectivity index (χ1n) is 9.92. The Labute approximate surface area is 188 Å². The number of pyridine rings is 1. The molecule has 33 heavy (non-hydrogen) atoms. The zero-order chi connectivity index (χ0) is 24.3. The lowest BCUT2D eigenvalue weighted by atomic mass is 9.95. The zero-order valence-electron chi connectivity index (χ0n) is 18.0. The van der Waals surface area contributed by atoms with Gasteiger partial charge in [0.15, 0.2) is 41.8 Å². The van der Waals surface area contributed by atoms with Crippen LogP contribution >= 0.6 is 0 Å². The number of fused-ring (bicyclic) bond motifs is 4. The third-order valence-electron chi connectivity index (χ3n) is 5.26. The highest BCUT2D eigenvalue weighted by atomic mass is 16.5. The third-order valence-corrected chi connectivity index (χ3v) is 5.26. The van der Waals surface area contributed by atoms with Crippen molar-refractivity contribution >= 4 is 22.7 Å². The number of rotatable bonds is 5. The second-order valence-electron chi connectivity index (χ2n) is 7.36. The van der Waals surface area contributed by atoms with Crippen molar-refractivity contribution in [2.75, 3.05) is 14.2 Å². The van der Waals surface area contributed by atoms with Crippen molar-refractivity contribution in [2.24, 2.45) is 0 Å². The van der Waals surface area contributed by atoms with Gasteiger partial charge in [0.25, 0.3) is 0 Å². The molecule has 3 aromatic rings. The predicted molar refractivity (Wildman–Crippen MR) is 116 cm³/mol. The van der Waals surface area contributed by atoms with E-state index in [4.69, 9.17) is 24.8 Å². The topological polar surface area (TPSA) is 158 Å². The lowest BCUT2D eigenvalue weighted by Crippen LogP contribution is -2.40. The molecule has 1 aliphatic rings. The van der Waals surface area contributed by atoms with E-state index in [-0.39, 0.29) is 11.5 Å². The minimum atomic E-state index is -1.79. The molecule has 1 aromatic heterocycles. The molecule has 2 heterocycles. The molecule has 0 saturated carbocycles. The number of aromatic nitrogens is 1. The smallest absolute Gasteiger partial charge is 0.333 e. The summed E-state index contributed by atoms with van der Waals surface area (Å²) in [5.41, 5.74) is 2.98. The monoisotopic (exact) mass is 458 g/mol. The number of phenolic OH excluding ortho intramolecular Hbond substituents is 2. The van der Waals surface area contributed by atoms with Crippen LogP contribution in [0, 0.1) is 0 Å². The van der Waals surface area contributed by atoms with Crippen molar-refractivity contribution in [2.45, 2.75) is 25.5 Å². The van der Waals surface area contributed by atoms with Crippen molar-refractivity contribution in [1.29, 1.82) is 0 Å². The summed E-state index contributed by atoms with van der Waals surface area (Å²) in [6.07, 6.45) is 0.301. The van der Waals surface area contributed by atoms with Crippen LogP contribution in [0.4, 0.5) is 0 Å². The summed E-state index contributed by atoms with van der Waals surface area (Å²) in [7, 11) is 3.26. The van der Waals surface area contributed by atoms with E-state index in [0.717, 1.165) is 40.6 Å². The van der Waals surface area contributed by atoms with Crippen LogP contribution in [0.3, 0.4) is 0 Å². The van der Waals surface area contributed by atoms with Gasteiger partial charge in [0, 0.05) is 12.5 Å². The molecule has 2 aromatic carbocycles. The number of ether oxygens (including phenoxy) is 2. The molecular formula is C23H24NO9+. The van der Waals surface area contributed by atoms with E-state index in [1.807, 2.05) is 12.1 Å². The fourth-order valence-corrected chi connectivity index (χ4v) is 3.66. The predicted octanol–water partition coefficient (Wildman–Crippen LogP) is 1.69. The van der Waals surface area contributed by atoms with Crippen LogP contribution in [-0.4, -0.2) is 57.8 Å². The van der Waals surface area contributed by atoms with Gasteiger partial charge in [-0.2, -0.15) is 4.57 Å². The number of carboxylic acids is 2. The molecule has 0 fully saturated rings. The Bertz CT molecular complexity index is 1220. The van der Waals surface area contributed by atoms with E-state index in [0.29, 0.717) is 11.5 Å². The minimum Gasteiger partial charge on any atom is -0.504 e. The Hall–Kier alpha value is -4.05. The van der Waals surface area contributed by atoms with Gasteiger partial charge in [0.05, 0.1) is 31.6 Å². The molecule has 10 nitrogen and oxygen atoms in total. The summed E-state index contributed by atoms with van der Waals surface area (Å²) in [4.78, 5) is 19.4. The molecule has 0 bridgehead atoms. The summed E-state index contributed by atoms with van der Waals surface area (Å²) in [5.74, 6) is -1.61. The van der Waals surface area contributed by atoms with Crippen LogP contribution in [0.5, 0.6) is 23.0 Å². The van der Waals surface area contributed by atoms with Gasteiger partial charge in [0.1, 0.15) is 0 Å². The Morgan fingerprint density at radius 2 is 1.76 bits per heavy atom. The SMILES string of the molecule is COc1ccc2cc3[n+](cc2c1OC)CCc1cc(O)c(O)cc1-3.O=C(O)CC(O)C(=O)O. The molecule has 4 rings (SSSR count). The molecule has 5 N–H and O–H groups in total. The fourth-order valence-electron chi connectivity index (χ4n) is 3.66. The number of phenols is 2. The minimum absolute atomic E-state index is 0.0746. The molecule has 1 aliphatic heterocycles. The van der Waals surface area contributed by atoms with Gasteiger partial charge in [-0.1, -0.05) is 0 Å². The first-order valence-corrected chi connectivity index (χ1v) is 9.92. The van der Waals surface area contributed by atoms with E-state index in [9.17, 15) is 19.8 Å². The van der Waals surface area contributed by atoms with Crippen molar-refractivity contribution in [3.63, 3.8) is 0 Å². The molecule has 0 amide bonds. The lowest BCUT2D eigenvalue weighted by molar-refractivity contribution is -0.686. The molecule has 174 valence electrons. The van der Waals surface area contributed by atoms with Crippen LogP contribution in [0.2, 0.25) is 0 Å². The number of aliphatic hydroxyl groups is 1. The number of hydrogen-bond acceptors (Lipinski definition) is 7. The summed E-state index contributed by atoms with van der Waals surface area (Å²) >= 11 is 0. The highest BCUT2D eigenvalue weighted by Crippen LogP contribution is 2.39. The number of hydrogen-bond donors (Lipinski definition) is 5. The van der Waals surface area contributed by atoms with Crippen LogP contribution < -0.4 is 14.0 Å². The molecule has 0 saturated heterocycles. The molecule has 0 radical (unpaired) electrons. The second kappa shape index (κ2) is 9.61. The van der Waals surface area contributed by atoms with Gasteiger partial charge < -0.3 is 35.0 Å². The second-order valence-corrected chi connectivity index (χ2v) is 7.36. The summed E-state index contributed by atoms with van der Waals surface area (Å²) < 4.78 is 13.1. The molecule has 1 unspecified atom stereocenters. The van der Waals surface area contributed by atoms with Gasteiger partial charge in [-0.15, -0.1) is 0 Å². The summed E-state index contributed by atoms with van der Waals surface area (Å²) in [6, 6.07) is 9.23. The molecular weight excluding hydrogens is 434 g/mol. The number of methoxy groups -OCH3 is 2. The van der Waals surface area contributed by atoms with E-state index < -0.39 is 24.5 Å². The Morgan fingerprint density at radius 1 is 1.06 bits per heavy atom. The highest BCUT2D eigenvalue weighted by Gasteiger charge is 2.26. The first-order chi connectivity index (χ1) is 15.7. The summed E-state index contributed by atoms with van der Waals surface area (Å²) in [6.45, 7) is 0.794. The van der Waals surface area contributed by atoms with Crippen LogP contribution in [-0.2, 0) is 22.6 Å². The van der Waals surface area contributed by atoms with Crippen LogP contribution in [0.15, 0.2) is 36.5 Å². The maximum absolute atomic E-state index is 9.87. The van der Waals surface area contributed by atoms with Gasteiger partial charge in [-0.05, 0) is 35.2 Å². The van der Waals surface area contributed by atoms with Gasteiger partial charge in [0.2, 0.25) is 5.69 Å². The molecule has 10 heteroatoms. The van der Waals surface area contributed by atoms with E-state index >= 15 is 0 Å². The van der Waals surface area contributed by atoms with Gasteiger partial charge in [-0.3, -0.25) is 4.79 Å². The Morgan fingerprint density at radius 3 is 2.33 bits per heavy atom. The number of aliphatic carboxylic acids is 2. The van der Waals surface area contributed by atoms with Crippen LogP contribution in [0.25, 0.3) is 22.0 Å². The normalized spacial score (nSPS) is 12.6. The molecule has 1 atom stereocenters. The highest BCUT2D eigenvalue weighted by molar-refractivity contribution is 5.91. The number of nitrogens with zero attached hydrogens (tertiary/aromatic N) is 1. The van der Waals surface area contributed by atoms with E-state index in [1.165, 1.54) is 0 Å². The van der Waals surface area contributed by atoms with Crippen molar-refractivity contribution < 1.29 is 49.2 Å². The lowest BCUT2D eigenvalue weighted by Gasteiger charge is -2.17. The van der Waals surface area contributed by atoms with Gasteiger partial charge >= 0.3 is 11.9 Å². The summed E-state index contributed by atoms with van der Waals surface area (Å²) in [5, 5.41) is 45.8. The fraction of sp³-hybridized carbons (Fsp3) is 0.261. The Kier molecular flexibility index (Phi) is 6.88. The Balaban J connectivity index is 0.000000292. The number of aliphatic hydroxyl groups excluding tert-OH is 1. The van der Waals surface area contributed by atoms with E-state index in [2.05, 4.69) is 16.8 Å². The number of benzene rings is 2.